The molecule has 38 heavy (non-hydrogen) atoms. The number of imide groups is 1. The number of benzene rings is 2. The van der Waals surface area contributed by atoms with E-state index < -0.39 is 16.8 Å². The first-order valence-electron chi connectivity index (χ1n) is 12.5. The number of amides is 2. The van der Waals surface area contributed by atoms with Gasteiger partial charge in [-0.05, 0) is 54.0 Å². The van der Waals surface area contributed by atoms with Gasteiger partial charge in [-0.25, -0.2) is 0 Å². The van der Waals surface area contributed by atoms with E-state index >= 15 is 0 Å². The maximum absolute atomic E-state index is 13.8. The molecule has 2 saturated carbocycles. The topological polar surface area (TPSA) is 117 Å². The van der Waals surface area contributed by atoms with Crippen molar-refractivity contribution in [2.75, 3.05) is 23.9 Å². The molecule has 7 atom stereocenters. The van der Waals surface area contributed by atoms with Gasteiger partial charge in [0.2, 0.25) is 11.8 Å². The van der Waals surface area contributed by atoms with E-state index in [4.69, 9.17) is 0 Å². The molecule has 7 rings (SSSR count). The number of aromatic amines is 1. The van der Waals surface area contributed by atoms with Crippen molar-refractivity contribution < 1.29 is 14.5 Å². The number of thiazole rings is 1. The van der Waals surface area contributed by atoms with E-state index in [-0.39, 0.29) is 51.3 Å². The van der Waals surface area contributed by atoms with Crippen molar-refractivity contribution in [3.05, 3.63) is 78.8 Å². The summed E-state index contributed by atoms with van der Waals surface area (Å²) in [5.74, 6) is -1.08. The fraction of sp³-hybridized carbons (Fsp3) is 0.370. The molecule has 5 unspecified atom stereocenters. The van der Waals surface area contributed by atoms with Crippen LogP contribution in [0.3, 0.4) is 0 Å². The molecule has 0 radical (unpaired) electrons. The number of fused-ring (bicyclic) bond motifs is 9. The number of H-pyrrole nitrogens is 1. The molecule has 11 heteroatoms. The third kappa shape index (κ3) is 3.21. The number of anilines is 2. The molecule has 2 amide bonds. The number of nitrogens with zero attached hydrogens (tertiary/aromatic N) is 3. The Morgan fingerprint density at radius 1 is 0.974 bits per heavy atom. The summed E-state index contributed by atoms with van der Waals surface area (Å²) < 4.78 is 0. The number of carbonyl (C=O) groups excluding carboxylic acids is 2. The van der Waals surface area contributed by atoms with E-state index in [0.29, 0.717) is 5.69 Å². The van der Waals surface area contributed by atoms with Gasteiger partial charge in [-0.2, -0.15) is 0 Å². The molecule has 4 aliphatic rings. The van der Waals surface area contributed by atoms with Crippen LogP contribution in [-0.4, -0.2) is 41.1 Å². The number of rotatable bonds is 4. The minimum atomic E-state index is -0.498. The summed E-state index contributed by atoms with van der Waals surface area (Å²) in [5.41, 5.74) is 2.50. The van der Waals surface area contributed by atoms with Gasteiger partial charge in [0.25, 0.3) is 5.69 Å². The molecule has 194 valence electrons. The molecule has 1 saturated heterocycles. The van der Waals surface area contributed by atoms with Crippen molar-refractivity contribution in [1.29, 1.82) is 0 Å². The summed E-state index contributed by atoms with van der Waals surface area (Å²) >= 11 is 2.91. The Morgan fingerprint density at radius 3 is 2.26 bits per heavy atom. The lowest BCUT2D eigenvalue weighted by Gasteiger charge is -2.43. The number of non-ortho nitro benzene ring substituents is 1. The van der Waals surface area contributed by atoms with Gasteiger partial charge in [-0.1, -0.05) is 23.5 Å². The molecule has 2 aliphatic carbocycles. The Bertz CT molecular complexity index is 1550. The highest BCUT2D eigenvalue weighted by Gasteiger charge is 2.69. The first kappa shape index (κ1) is 23.7. The molecule has 3 fully saturated rings. The number of hydrogen-bond acceptors (Lipinski definition) is 8. The van der Waals surface area contributed by atoms with Crippen LogP contribution in [0.5, 0.6) is 0 Å². The first-order valence-corrected chi connectivity index (χ1v) is 14.2. The van der Waals surface area contributed by atoms with E-state index in [1.54, 1.807) is 11.8 Å². The van der Waals surface area contributed by atoms with Crippen molar-refractivity contribution in [3.8, 4) is 0 Å². The monoisotopic (exact) mass is 548 g/mol. The van der Waals surface area contributed by atoms with Gasteiger partial charge in [-0.3, -0.25) is 29.4 Å². The smallest absolute Gasteiger partial charge is 0.305 e. The zero-order chi connectivity index (χ0) is 26.5. The summed E-state index contributed by atoms with van der Waals surface area (Å²) in [6, 6.07) is 14.0. The van der Waals surface area contributed by atoms with E-state index in [1.807, 2.05) is 19.0 Å². The van der Waals surface area contributed by atoms with Crippen molar-refractivity contribution in [3.63, 3.8) is 0 Å². The van der Waals surface area contributed by atoms with Gasteiger partial charge in [0, 0.05) is 48.0 Å². The van der Waals surface area contributed by atoms with Crippen LogP contribution in [0.1, 0.15) is 22.8 Å². The van der Waals surface area contributed by atoms with Crippen LogP contribution in [0, 0.1) is 39.7 Å². The normalized spacial score (nSPS) is 30.8. The van der Waals surface area contributed by atoms with E-state index in [0.717, 1.165) is 27.6 Å². The van der Waals surface area contributed by atoms with Crippen molar-refractivity contribution in [2.24, 2.45) is 29.6 Å². The van der Waals surface area contributed by atoms with Crippen LogP contribution in [0.25, 0.3) is 0 Å². The lowest BCUT2D eigenvalue weighted by molar-refractivity contribution is -0.384. The predicted octanol–water partition coefficient (Wildman–Crippen LogP) is 4.09. The van der Waals surface area contributed by atoms with Gasteiger partial charge < -0.3 is 9.88 Å². The SMILES string of the molecule is CN(C)c1ccc(C2c3sc(=O)[nH]c3SC3C2[C@H]2C[C@@H]3C3C(=O)N(c4ccc([N+](=O)[O-])cc4)C(=O)C32)cc1. The first-order chi connectivity index (χ1) is 18.2. The fourth-order valence-corrected chi connectivity index (χ4v) is 10.2. The fourth-order valence-electron chi connectivity index (χ4n) is 7.35. The number of thioether (sulfide) groups is 1. The van der Waals surface area contributed by atoms with Crippen LogP contribution in [-0.2, 0) is 9.59 Å². The Labute approximate surface area is 226 Å². The minimum absolute atomic E-state index is 0.0193. The average molecular weight is 549 g/mol. The number of hydrogen-bond donors (Lipinski definition) is 1. The maximum atomic E-state index is 13.8. The highest BCUT2D eigenvalue weighted by atomic mass is 32.2. The summed E-state index contributed by atoms with van der Waals surface area (Å²) in [7, 11) is 3.99. The molecule has 9 nitrogen and oxygen atoms in total. The number of nitro groups is 1. The molecule has 2 aromatic carbocycles. The Kier molecular flexibility index (Phi) is 5.15. The second-order valence-corrected chi connectivity index (χ2v) is 12.9. The molecule has 3 aromatic rings. The molecule has 1 aromatic heterocycles. The second-order valence-electron chi connectivity index (χ2n) is 10.7. The summed E-state index contributed by atoms with van der Waals surface area (Å²) in [4.78, 5) is 57.8. The third-order valence-electron chi connectivity index (χ3n) is 8.81. The number of nitrogens with one attached hydrogen (secondary N) is 1. The third-order valence-corrected chi connectivity index (χ3v) is 11.4. The van der Waals surface area contributed by atoms with Crippen LogP contribution in [0.4, 0.5) is 17.1 Å². The number of aromatic nitrogens is 1. The standard InChI is InChI=1S/C27H24N4O5S2/c1-29(2)13-5-3-12(4-6-13)18-19-16-11-17(22(19)37-24-23(18)38-27(34)28-24)21-20(16)25(32)30(26(21)33)14-7-9-15(10-8-14)31(35)36/h3-10,16-22H,11H2,1-2H3,(H,28,34)/t16-,17-,18?,19?,20?,21?,22?/m1/s1. The molecule has 0 spiro atoms. The van der Waals surface area contributed by atoms with Gasteiger partial charge in [-0.15, -0.1) is 11.8 Å². The molecule has 1 N–H and O–H groups in total. The Balaban J connectivity index is 1.28. The summed E-state index contributed by atoms with van der Waals surface area (Å²) in [6.07, 6.45) is 0.814. The quantitative estimate of drug-likeness (QED) is 0.297. The molecular formula is C27H24N4O5S2. The zero-order valence-corrected chi connectivity index (χ0v) is 22.2. The van der Waals surface area contributed by atoms with Crippen LogP contribution in [0.15, 0.2) is 58.4 Å². The molecule has 2 aliphatic heterocycles. The van der Waals surface area contributed by atoms with Gasteiger partial charge >= 0.3 is 4.87 Å². The lowest BCUT2D eigenvalue weighted by Crippen LogP contribution is -2.42. The van der Waals surface area contributed by atoms with E-state index in [2.05, 4.69) is 29.2 Å². The van der Waals surface area contributed by atoms with Crippen molar-refractivity contribution in [1.82, 2.24) is 4.98 Å². The minimum Gasteiger partial charge on any atom is -0.378 e. The molecular weight excluding hydrogens is 524 g/mol. The Hall–Kier alpha value is -3.44. The van der Waals surface area contributed by atoms with Crippen LogP contribution < -0.4 is 14.7 Å². The van der Waals surface area contributed by atoms with Crippen molar-refractivity contribution in [2.45, 2.75) is 22.6 Å². The maximum Gasteiger partial charge on any atom is 0.305 e. The van der Waals surface area contributed by atoms with Gasteiger partial charge in [0.05, 0.1) is 27.5 Å². The largest absolute Gasteiger partial charge is 0.378 e. The highest BCUT2D eigenvalue weighted by Crippen LogP contribution is 2.68. The van der Waals surface area contributed by atoms with Gasteiger partial charge in [0.1, 0.15) is 0 Å². The predicted molar refractivity (Wildman–Crippen MR) is 145 cm³/mol. The molecule has 3 heterocycles. The van der Waals surface area contributed by atoms with E-state index in [9.17, 15) is 24.5 Å². The lowest BCUT2D eigenvalue weighted by atomic mass is 9.68. The zero-order valence-electron chi connectivity index (χ0n) is 20.6. The second kappa shape index (κ2) is 8.28. The van der Waals surface area contributed by atoms with Crippen LogP contribution in [0.2, 0.25) is 0 Å². The summed E-state index contributed by atoms with van der Waals surface area (Å²) in [5, 5.41) is 12.1. The molecule has 2 bridgehead atoms. The van der Waals surface area contributed by atoms with E-state index in [1.165, 1.54) is 40.5 Å². The van der Waals surface area contributed by atoms with Crippen LogP contribution >= 0.6 is 23.1 Å². The van der Waals surface area contributed by atoms with Crippen molar-refractivity contribution >= 4 is 52.0 Å². The average Bonchev–Trinajstić information content (AvgIpc) is 3.63. The Morgan fingerprint density at radius 2 is 1.63 bits per heavy atom. The number of carbonyl (C=O) groups is 2. The van der Waals surface area contributed by atoms with Gasteiger partial charge in [0.15, 0.2) is 0 Å². The number of nitro benzene ring substituents is 1. The highest BCUT2D eigenvalue weighted by molar-refractivity contribution is 8.00. The summed E-state index contributed by atoms with van der Waals surface area (Å²) in [6.45, 7) is 0.